The molecule has 1 aromatic carbocycles. The van der Waals surface area contributed by atoms with Crippen molar-refractivity contribution in [1.82, 2.24) is 4.90 Å². The molecule has 2 rings (SSSR count). The quantitative estimate of drug-likeness (QED) is 0.802. The van der Waals surface area contributed by atoms with Crippen LogP contribution in [0.2, 0.25) is 0 Å². The third-order valence-corrected chi connectivity index (χ3v) is 3.67. The Morgan fingerprint density at radius 3 is 2.41 bits per heavy atom. The SMILES string of the molecule is COc1cc2c(cc1OC)CN(C(=O)OCC=C(C)C)CC2. The minimum atomic E-state index is -0.280. The molecule has 0 bridgehead atoms. The lowest BCUT2D eigenvalue weighted by atomic mass is 9.99. The number of carbonyl (C=O) groups excluding carboxylic acids is 1. The number of fused-ring (bicyclic) bond motifs is 1. The van der Waals surface area contributed by atoms with E-state index in [0.717, 1.165) is 23.3 Å². The number of benzene rings is 1. The van der Waals surface area contributed by atoms with Gasteiger partial charge in [-0.3, -0.25) is 0 Å². The van der Waals surface area contributed by atoms with Gasteiger partial charge in [-0.25, -0.2) is 4.79 Å². The fourth-order valence-electron chi connectivity index (χ4n) is 2.41. The monoisotopic (exact) mass is 305 g/mol. The predicted octanol–water partition coefficient (Wildman–Crippen LogP) is 3.16. The highest BCUT2D eigenvalue weighted by Gasteiger charge is 2.23. The van der Waals surface area contributed by atoms with Gasteiger partial charge in [0.2, 0.25) is 0 Å². The lowest BCUT2D eigenvalue weighted by Gasteiger charge is -2.28. The van der Waals surface area contributed by atoms with Gasteiger partial charge in [0, 0.05) is 13.1 Å². The molecule has 1 aliphatic rings. The molecule has 22 heavy (non-hydrogen) atoms. The second-order valence-corrected chi connectivity index (χ2v) is 5.51. The molecule has 1 amide bonds. The summed E-state index contributed by atoms with van der Waals surface area (Å²) < 4.78 is 15.9. The van der Waals surface area contributed by atoms with Gasteiger partial charge in [0.1, 0.15) is 6.61 Å². The first-order valence-electron chi connectivity index (χ1n) is 7.34. The molecule has 0 saturated heterocycles. The largest absolute Gasteiger partial charge is 0.493 e. The second-order valence-electron chi connectivity index (χ2n) is 5.51. The number of hydrogen-bond donors (Lipinski definition) is 0. The van der Waals surface area contributed by atoms with Gasteiger partial charge in [0.15, 0.2) is 11.5 Å². The fourth-order valence-corrected chi connectivity index (χ4v) is 2.41. The number of nitrogens with zero attached hydrogens (tertiary/aromatic N) is 1. The standard InChI is InChI=1S/C17H23NO4/c1-12(2)6-8-22-17(19)18-7-5-13-9-15(20-3)16(21-4)10-14(13)11-18/h6,9-10H,5,7-8,11H2,1-4H3. The van der Waals surface area contributed by atoms with Gasteiger partial charge in [0.05, 0.1) is 14.2 Å². The summed E-state index contributed by atoms with van der Waals surface area (Å²) in [6.45, 7) is 5.45. The van der Waals surface area contributed by atoms with E-state index in [-0.39, 0.29) is 6.09 Å². The molecule has 1 aromatic rings. The minimum Gasteiger partial charge on any atom is -0.493 e. The Morgan fingerprint density at radius 1 is 1.18 bits per heavy atom. The Labute approximate surface area is 131 Å². The van der Waals surface area contributed by atoms with E-state index in [4.69, 9.17) is 14.2 Å². The average Bonchev–Trinajstić information content (AvgIpc) is 2.52. The molecule has 0 fully saturated rings. The van der Waals surface area contributed by atoms with Crippen molar-refractivity contribution >= 4 is 6.09 Å². The maximum atomic E-state index is 12.1. The molecule has 5 nitrogen and oxygen atoms in total. The number of ether oxygens (including phenoxy) is 3. The number of amides is 1. The summed E-state index contributed by atoms with van der Waals surface area (Å²) >= 11 is 0. The van der Waals surface area contributed by atoms with E-state index in [1.165, 1.54) is 5.56 Å². The van der Waals surface area contributed by atoms with Crippen LogP contribution in [-0.4, -0.2) is 38.4 Å². The molecule has 0 aromatic heterocycles. The third kappa shape index (κ3) is 3.72. The number of allylic oxidation sites excluding steroid dienone is 1. The lowest BCUT2D eigenvalue weighted by molar-refractivity contribution is 0.107. The number of methoxy groups -OCH3 is 2. The van der Waals surface area contributed by atoms with Crippen LogP contribution in [0, 0.1) is 0 Å². The van der Waals surface area contributed by atoms with E-state index in [1.807, 2.05) is 32.1 Å². The Morgan fingerprint density at radius 2 is 1.82 bits per heavy atom. The van der Waals surface area contributed by atoms with Gasteiger partial charge >= 0.3 is 6.09 Å². The van der Waals surface area contributed by atoms with Crippen LogP contribution in [0.25, 0.3) is 0 Å². The first kappa shape index (κ1) is 16.2. The average molecular weight is 305 g/mol. The van der Waals surface area contributed by atoms with Crippen LogP contribution in [0.4, 0.5) is 4.79 Å². The summed E-state index contributed by atoms with van der Waals surface area (Å²) in [5.41, 5.74) is 3.39. The zero-order chi connectivity index (χ0) is 16.1. The summed E-state index contributed by atoms with van der Waals surface area (Å²) in [6, 6.07) is 3.92. The van der Waals surface area contributed by atoms with E-state index < -0.39 is 0 Å². The zero-order valence-electron chi connectivity index (χ0n) is 13.6. The normalized spacial score (nSPS) is 13.2. The smallest absolute Gasteiger partial charge is 0.410 e. The summed E-state index contributed by atoms with van der Waals surface area (Å²) in [4.78, 5) is 13.8. The minimum absolute atomic E-state index is 0.280. The van der Waals surface area contributed by atoms with E-state index in [9.17, 15) is 4.79 Å². The van der Waals surface area contributed by atoms with Crippen LogP contribution in [0.15, 0.2) is 23.8 Å². The fraction of sp³-hybridized carbons (Fsp3) is 0.471. The number of hydrogen-bond acceptors (Lipinski definition) is 4. The maximum absolute atomic E-state index is 12.1. The molecule has 0 spiro atoms. The molecule has 5 heteroatoms. The number of carbonyl (C=O) groups is 1. The van der Waals surface area contributed by atoms with Crippen LogP contribution < -0.4 is 9.47 Å². The second kappa shape index (κ2) is 7.20. The van der Waals surface area contributed by atoms with Crippen molar-refractivity contribution in [1.29, 1.82) is 0 Å². The van der Waals surface area contributed by atoms with Crippen LogP contribution in [0.5, 0.6) is 11.5 Å². The highest BCUT2D eigenvalue weighted by Crippen LogP contribution is 2.33. The van der Waals surface area contributed by atoms with Crippen molar-refractivity contribution in [2.45, 2.75) is 26.8 Å². The summed E-state index contributed by atoms with van der Waals surface area (Å²) in [6.07, 6.45) is 2.40. The van der Waals surface area contributed by atoms with Gasteiger partial charge in [0.25, 0.3) is 0 Å². The van der Waals surface area contributed by atoms with Crippen LogP contribution in [-0.2, 0) is 17.7 Å². The van der Waals surface area contributed by atoms with Crippen molar-refractivity contribution in [3.63, 3.8) is 0 Å². The van der Waals surface area contributed by atoms with Gasteiger partial charge in [-0.1, -0.05) is 5.57 Å². The van der Waals surface area contributed by atoms with Crippen LogP contribution >= 0.6 is 0 Å². The van der Waals surface area contributed by atoms with Crippen molar-refractivity contribution in [3.05, 3.63) is 34.9 Å². The predicted molar refractivity (Wildman–Crippen MR) is 84.4 cm³/mol. The molecule has 0 radical (unpaired) electrons. The van der Waals surface area contributed by atoms with Crippen molar-refractivity contribution < 1.29 is 19.0 Å². The molecule has 1 aliphatic heterocycles. The topological polar surface area (TPSA) is 48.0 Å². The van der Waals surface area contributed by atoms with Crippen molar-refractivity contribution in [3.8, 4) is 11.5 Å². The summed E-state index contributed by atoms with van der Waals surface area (Å²) in [5.74, 6) is 1.40. The van der Waals surface area contributed by atoms with Gasteiger partial charge in [-0.15, -0.1) is 0 Å². The molecule has 0 N–H and O–H groups in total. The molecule has 0 atom stereocenters. The highest BCUT2D eigenvalue weighted by atomic mass is 16.6. The van der Waals surface area contributed by atoms with E-state index in [2.05, 4.69) is 0 Å². The third-order valence-electron chi connectivity index (χ3n) is 3.67. The first-order valence-corrected chi connectivity index (χ1v) is 7.34. The Balaban J connectivity index is 2.07. The lowest BCUT2D eigenvalue weighted by Crippen LogP contribution is -2.36. The van der Waals surface area contributed by atoms with E-state index in [0.29, 0.717) is 25.4 Å². The van der Waals surface area contributed by atoms with Gasteiger partial charge in [-0.2, -0.15) is 0 Å². The van der Waals surface area contributed by atoms with E-state index >= 15 is 0 Å². The van der Waals surface area contributed by atoms with E-state index in [1.54, 1.807) is 19.1 Å². The van der Waals surface area contributed by atoms with Gasteiger partial charge in [-0.05, 0) is 49.6 Å². The summed E-state index contributed by atoms with van der Waals surface area (Å²) in [7, 11) is 3.23. The molecule has 1 heterocycles. The van der Waals surface area contributed by atoms with Gasteiger partial charge < -0.3 is 19.1 Å². The molecule has 120 valence electrons. The Hall–Kier alpha value is -2.17. The highest BCUT2D eigenvalue weighted by molar-refractivity contribution is 5.68. The Kier molecular flexibility index (Phi) is 5.31. The Bertz CT molecular complexity index is 576. The number of rotatable bonds is 4. The molecule has 0 aliphatic carbocycles. The van der Waals surface area contributed by atoms with Crippen LogP contribution in [0.1, 0.15) is 25.0 Å². The first-order chi connectivity index (χ1) is 10.5. The maximum Gasteiger partial charge on any atom is 0.410 e. The molecular weight excluding hydrogens is 282 g/mol. The molecule has 0 unspecified atom stereocenters. The molecular formula is C17H23NO4. The summed E-state index contributed by atoms with van der Waals surface area (Å²) in [5, 5.41) is 0. The van der Waals surface area contributed by atoms with Crippen LogP contribution in [0.3, 0.4) is 0 Å². The molecule has 0 saturated carbocycles. The van der Waals surface area contributed by atoms with Crippen molar-refractivity contribution in [2.75, 3.05) is 27.4 Å². The zero-order valence-corrected chi connectivity index (χ0v) is 13.6. The van der Waals surface area contributed by atoms with Crippen molar-refractivity contribution in [2.24, 2.45) is 0 Å².